The van der Waals surface area contributed by atoms with Crippen LogP contribution >= 0.6 is 37.2 Å². The van der Waals surface area contributed by atoms with E-state index in [2.05, 4.69) is 65.5 Å². The monoisotopic (exact) mass is 313 g/mol. The molecule has 16 heavy (non-hydrogen) atoms. The number of allylic oxidation sites excluding steroid dienone is 2. The fraction of sp³-hybridized carbons (Fsp3) is 0.333. The van der Waals surface area contributed by atoms with Crippen molar-refractivity contribution in [3.05, 3.63) is 41.0 Å². The predicted octanol–water partition coefficient (Wildman–Crippen LogP) is 4.52. The summed E-state index contributed by atoms with van der Waals surface area (Å²) in [7, 11) is 0. The average Bonchev–Trinajstić information content (AvgIpc) is 2.30. The summed E-state index contributed by atoms with van der Waals surface area (Å²) >= 11 is 2.30. The molecule has 0 heterocycles. The third kappa shape index (κ3) is 2.68. The van der Waals surface area contributed by atoms with Crippen LogP contribution in [0.25, 0.3) is 5.57 Å². The minimum atomic E-state index is 0. The van der Waals surface area contributed by atoms with Gasteiger partial charge in [-0.3, -0.25) is 0 Å². The van der Waals surface area contributed by atoms with Crippen molar-refractivity contribution in [1.82, 2.24) is 0 Å². The fourth-order valence-electron chi connectivity index (χ4n) is 2.03. The molecule has 89 valence electrons. The predicted molar refractivity (Wildman–Crippen MR) is 73.8 cm³/mol. The van der Waals surface area contributed by atoms with E-state index in [1.165, 1.54) is 22.3 Å². The zero-order valence-electron chi connectivity index (χ0n) is 9.53. The molecular weight excluding hydrogens is 298 g/mol. The van der Waals surface area contributed by atoms with Crippen molar-refractivity contribution in [3.63, 3.8) is 0 Å². The Balaban J connectivity index is 0. The molecule has 4 heteroatoms. The SMILES string of the molecule is CC1=C(C)[C](C)([Ti])c2ccccc21.Cl.Cl.Cl. The number of halogens is 3. The molecule has 0 bridgehead atoms. The van der Waals surface area contributed by atoms with Crippen molar-refractivity contribution < 1.29 is 20.4 Å². The van der Waals surface area contributed by atoms with Crippen molar-refractivity contribution >= 4 is 42.8 Å². The molecule has 0 saturated carbocycles. The maximum absolute atomic E-state index is 2.30. The van der Waals surface area contributed by atoms with Crippen molar-refractivity contribution in [2.75, 3.05) is 0 Å². The minimum Gasteiger partial charge on any atom is -0.147 e. The van der Waals surface area contributed by atoms with E-state index in [0.717, 1.165) is 0 Å². The van der Waals surface area contributed by atoms with Gasteiger partial charge in [0, 0.05) is 0 Å². The summed E-state index contributed by atoms with van der Waals surface area (Å²) in [5, 5.41) is 0. The molecule has 1 aliphatic rings. The number of hydrogen-bond acceptors (Lipinski definition) is 0. The van der Waals surface area contributed by atoms with Gasteiger partial charge in [0.1, 0.15) is 0 Å². The van der Waals surface area contributed by atoms with Gasteiger partial charge in [0.2, 0.25) is 0 Å². The molecule has 0 N–H and O–H groups in total. The Kier molecular flexibility index (Phi) is 7.64. The molecule has 1 aromatic carbocycles. The van der Waals surface area contributed by atoms with Crippen LogP contribution in [-0.4, -0.2) is 0 Å². The first kappa shape index (κ1) is 18.9. The standard InChI is InChI=1S/C12H13.3ClH.Ti/c1-8-9(2)11-6-4-5-7-12(11)10(8)3;;;;/h4-7H,1-3H3;3*1H;. The van der Waals surface area contributed by atoms with Gasteiger partial charge in [-0.05, 0) is 0 Å². The van der Waals surface area contributed by atoms with Crippen LogP contribution in [0.3, 0.4) is 0 Å². The van der Waals surface area contributed by atoms with Crippen LogP contribution in [0.15, 0.2) is 29.8 Å². The van der Waals surface area contributed by atoms with Crippen LogP contribution in [0.2, 0.25) is 0 Å². The first-order valence-electron chi connectivity index (χ1n) is 4.58. The smallest absolute Gasteiger partial charge is 0.147 e. The van der Waals surface area contributed by atoms with E-state index >= 15 is 0 Å². The van der Waals surface area contributed by atoms with Crippen LogP contribution in [0.5, 0.6) is 0 Å². The average molecular weight is 314 g/mol. The van der Waals surface area contributed by atoms with Crippen molar-refractivity contribution in [2.45, 2.75) is 24.5 Å². The van der Waals surface area contributed by atoms with E-state index in [1.54, 1.807) is 0 Å². The molecular formula is C12H16Cl3Ti. The van der Waals surface area contributed by atoms with Crippen LogP contribution < -0.4 is 0 Å². The molecule has 0 spiro atoms. The molecule has 1 aromatic rings. The van der Waals surface area contributed by atoms with Crippen LogP contribution in [0.4, 0.5) is 0 Å². The summed E-state index contributed by atoms with van der Waals surface area (Å²) in [5.41, 5.74) is 5.88. The van der Waals surface area contributed by atoms with Gasteiger partial charge in [0.25, 0.3) is 0 Å². The molecule has 0 aliphatic heterocycles. The van der Waals surface area contributed by atoms with Gasteiger partial charge < -0.3 is 0 Å². The molecule has 0 saturated heterocycles. The summed E-state index contributed by atoms with van der Waals surface area (Å²) < 4.78 is 0.237. The number of hydrogen-bond donors (Lipinski definition) is 0. The van der Waals surface area contributed by atoms with E-state index in [-0.39, 0.29) is 40.9 Å². The molecule has 0 aromatic heterocycles. The summed E-state index contributed by atoms with van der Waals surface area (Å²) in [6.45, 7) is 6.77. The normalized spacial score (nSPS) is 21.4. The molecule has 2 rings (SSSR count). The number of rotatable bonds is 0. The zero-order chi connectivity index (χ0) is 9.64. The topological polar surface area (TPSA) is 0 Å². The fourth-order valence-corrected chi connectivity index (χ4v) is 2.66. The summed E-state index contributed by atoms with van der Waals surface area (Å²) in [4.78, 5) is 0. The molecule has 1 aliphatic carbocycles. The number of fused-ring (bicyclic) bond motifs is 1. The Morgan fingerprint density at radius 1 is 1.00 bits per heavy atom. The maximum Gasteiger partial charge on any atom is -0.147 e. The van der Waals surface area contributed by atoms with E-state index < -0.39 is 0 Å². The molecule has 0 radical (unpaired) electrons. The first-order chi connectivity index (χ1) is 6.05. The van der Waals surface area contributed by atoms with Gasteiger partial charge in [-0.15, -0.1) is 37.2 Å². The van der Waals surface area contributed by atoms with E-state index in [1.807, 2.05) is 0 Å². The largest absolute Gasteiger partial charge is 0.147 e. The van der Waals surface area contributed by atoms with Crippen molar-refractivity contribution in [2.24, 2.45) is 0 Å². The van der Waals surface area contributed by atoms with E-state index in [9.17, 15) is 0 Å². The Labute approximate surface area is 128 Å². The summed E-state index contributed by atoms with van der Waals surface area (Å²) in [6, 6.07) is 8.72. The second kappa shape index (κ2) is 6.47. The molecule has 0 amide bonds. The Bertz CT molecular complexity index is 397. The van der Waals surface area contributed by atoms with Gasteiger partial charge in [0.05, 0.1) is 0 Å². The summed E-state index contributed by atoms with van der Waals surface area (Å²) in [6.07, 6.45) is 0. The third-order valence-corrected chi connectivity index (χ3v) is 4.19. The second-order valence-corrected chi connectivity index (χ2v) is 5.48. The second-order valence-electron chi connectivity index (χ2n) is 3.92. The molecule has 1 unspecified atom stereocenters. The van der Waals surface area contributed by atoms with Gasteiger partial charge in [-0.1, -0.05) is 0 Å². The molecule has 0 nitrogen and oxygen atoms in total. The quantitative estimate of drug-likeness (QED) is 0.618. The van der Waals surface area contributed by atoms with Gasteiger partial charge >= 0.3 is 91.5 Å². The van der Waals surface area contributed by atoms with E-state index in [4.69, 9.17) is 0 Å². The van der Waals surface area contributed by atoms with Crippen molar-refractivity contribution in [3.8, 4) is 0 Å². The van der Waals surface area contributed by atoms with Gasteiger partial charge in [-0.2, -0.15) is 0 Å². The van der Waals surface area contributed by atoms with Crippen molar-refractivity contribution in [1.29, 1.82) is 0 Å². The van der Waals surface area contributed by atoms with E-state index in [0.29, 0.717) is 0 Å². The maximum atomic E-state index is 2.30. The Morgan fingerprint density at radius 2 is 1.50 bits per heavy atom. The summed E-state index contributed by atoms with van der Waals surface area (Å²) in [5.74, 6) is 0. The first-order valence-corrected chi connectivity index (χ1v) is 5.36. The third-order valence-electron chi connectivity index (χ3n) is 3.18. The van der Waals surface area contributed by atoms with Crippen LogP contribution in [0.1, 0.15) is 31.9 Å². The molecule has 0 fully saturated rings. The van der Waals surface area contributed by atoms with Gasteiger partial charge in [0.15, 0.2) is 0 Å². The van der Waals surface area contributed by atoms with Crippen LogP contribution in [0, 0.1) is 0 Å². The molecule has 1 atom stereocenters. The minimum absolute atomic E-state index is 0. The van der Waals surface area contributed by atoms with Crippen LogP contribution in [-0.2, 0) is 24.2 Å². The number of benzene rings is 1. The zero-order valence-corrected chi connectivity index (χ0v) is 13.5. The Morgan fingerprint density at radius 3 is 2.00 bits per heavy atom. The van der Waals surface area contributed by atoms with Gasteiger partial charge in [-0.25, -0.2) is 0 Å². The Hall–Kier alpha value is 0.544.